The fraction of sp³-hybridized carbons (Fsp3) is 0.500. The Hall–Kier alpha value is -2.04. The standard InChI is InChI=1S/C16H21NO4/c1-11-5-3-4-6-14(11)20-10-9-15(18)21-12(2)16(19)17-13-7-8-13/h3-6,12-13H,7-10H2,1-2H3,(H,17,19)/t12-/m1/s1. The van der Waals surface area contributed by atoms with Gasteiger partial charge < -0.3 is 14.8 Å². The number of esters is 1. The molecule has 1 aliphatic rings. The molecule has 5 nitrogen and oxygen atoms in total. The van der Waals surface area contributed by atoms with Crippen LogP contribution in [0, 0.1) is 6.92 Å². The summed E-state index contributed by atoms with van der Waals surface area (Å²) in [6.45, 7) is 3.76. The van der Waals surface area contributed by atoms with Crippen molar-refractivity contribution in [3.8, 4) is 5.75 Å². The number of carbonyl (C=O) groups is 2. The SMILES string of the molecule is Cc1ccccc1OCCC(=O)O[C@H](C)C(=O)NC1CC1. The molecule has 0 spiro atoms. The number of para-hydroxylation sites is 1. The van der Waals surface area contributed by atoms with Gasteiger partial charge in [0.15, 0.2) is 6.10 Å². The molecule has 0 radical (unpaired) electrons. The van der Waals surface area contributed by atoms with Gasteiger partial charge in [0.25, 0.3) is 5.91 Å². The minimum atomic E-state index is -0.753. The number of carbonyl (C=O) groups excluding carboxylic acids is 2. The van der Waals surface area contributed by atoms with Gasteiger partial charge in [-0.15, -0.1) is 0 Å². The molecule has 5 heteroatoms. The molecule has 1 atom stereocenters. The number of ether oxygens (including phenoxy) is 2. The fourth-order valence-corrected chi connectivity index (χ4v) is 1.82. The maximum Gasteiger partial charge on any atom is 0.310 e. The summed E-state index contributed by atoms with van der Waals surface area (Å²) in [6.07, 6.45) is 1.39. The van der Waals surface area contributed by atoms with E-state index >= 15 is 0 Å². The first-order valence-corrected chi connectivity index (χ1v) is 7.24. The number of amides is 1. The Morgan fingerprint density at radius 3 is 2.71 bits per heavy atom. The highest BCUT2D eigenvalue weighted by atomic mass is 16.5. The van der Waals surface area contributed by atoms with Crippen LogP contribution in [0.5, 0.6) is 5.75 Å². The summed E-state index contributed by atoms with van der Waals surface area (Å²) in [7, 11) is 0. The van der Waals surface area contributed by atoms with Crippen LogP contribution >= 0.6 is 0 Å². The van der Waals surface area contributed by atoms with Crippen LogP contribution in [0.4, 0.5) is 0 Å². The van der Waals surface area contributed by atoms with Crippen molar-refractivity contribution in [1.29, 1.82) is 0 Å². The number of hydrogen-bond donors (Lipinski definition) is 1. The Bertz CT molecular complexity index is 511. The quantitative estimate of drug-likeness (QED) is 0.780. The molecule has 0 saturated heterocycles. The lowest BCUT2D eigenvalue weighted by atomic mass is 10.2. The second kappa shape index (κ2) is 7.11. The van der Waals surface area contributed by atoms with Crippen molar-refractivity contribution >= 4 is 11.9 Å². The van der Waals surface area contributed by atoms with Crippen LogP contribution in [0.25, 0.3) is 0 Å². The molecule has 1 aromatic rings. The molecule has 1 amide bonds. The Labute approximate surface area is 124 Å². The number of aryl methyl sites for hydroxylation is 1. The highest BCUT2D eigenvalue weighted by molar-refractivity contribution is 5.83. The predicted octanol–water partition coefficient (Wildman–Crippen LogP) is 1.97. The lowest BCUT2D eigenvalue weighted by Crippen LogP contribution is -2.37. The average Bonchev–Trinajstić information content (AvgIpc) is 3.24. The van der Waals surface area contributed by atoms with E-state index in [1.54, 1.807) is 6.92 Å². The molecule has 1 fully saturated rings. The molecule has 21 heavy (non-hydrogen) atoms. The van der Waals surface area contributed by atoms with Gasteiger partial charge in [0.1, 0.15) is 5.75 Å². The van der Waals surface area contributed by atoms with Crippen molar-refractivity contribution in [3.63, 3.8) is 0 Å². The van der Waals surface area contributed by atoms with Gasteiger partial charge in [0.2, 0.25) is 0 Å². The van der Waals surface area contributed by atoms with Crippen molar-refractivity contribution in [1.82, 2.24) is 5.32 Å². The van der Waals surface area contributed by atoms with Crippen LogP contribution in [0.1, 0.15) is 31.7 Å². The first-order valence-electron chi connectivity index (χ1n) is 7.24. The van der Waals surface area contributed by atoms with Gasteiger partial charge in [-0.3, -0.25) is 9.59 Å². The Kier molecular flexibility index (Phi) is 5.20. The Balaban J connectivity index is 1.67. The van der Waals surface area contributed by atoms with E-state index in [4.69, 9.17) is 9.47 Å². The summed E-state index contributed by atoms with van der Waals surface area (Å²) in [5, 5.41) is 2.80. The molecule has 1 aromatic carbocycles. The van der Waals surface area contributed by atoms with Crippen LogP contribution in [0.2, 0.25) is 0 Å². The van der Waals surface area contributed by atoms with E-state index in [1.165, 1.54) is 0 Å². The van der Waals surface area contributed by atoms with Gasteiger partial charge in [-0.2, -0.15) is 0 Å². The van der Waals surface area contributed by atoms with Crippen LogP contribution in [0.15, 0.2) is 24.3 Å². The first-order chi connectivity index (χ1) is 10.1. The molecule has 1 saturated carbocycles. The van der Waals surface area contributed by atoms with Crippen LogP contribution < -0.4 is 10.1 Å². The van der Waals surface area contributed by atoms with Crippen molar-refractivity contribution in [2.45, 2.75) is 45.3 Å². The van der Waals surface area contributed by atoms with Gasteiger partial charge in [-0.25, -0.2) is 0 Å². The van der Waals surface area contributed by atoms with E-state index in [0.29, 0.717) is 0 Å². The highest BCUT2D eigenvalue weighted by Gasteiger charge is 2.27. The molecule has 0 bridgehead atoms. The third kappa shape index (κ3) is 5.10. The summed E-state index contributed by atoms with van der Waals surface area (Å²) < 4.78 is 10.6. The molecule has 0 aliphatic heterocycles. The zero-order chi connectivity index (χ0) is 15.2. The second-order valence-electron chi connectivity index (χ2n) is 5.28. The van der Waals surface area contributed by atoms with Gasteiger partial charge in [0.05, 0.1) is 13.0 Å². The van der Waals surface area contributed by atoms with Gasteiger partial charge in [-0.05, 0) is 38.3 Å². The molecule has 114 valence electrons. The van der Waals surface area contributed by atoms with Crippen molar-refractivity contribution in [2.75, 3.05) is 6.61 Å². The first kappa shape index (κ1) is 15.4. The minimum Gasteiger partial charge on any atom is -0.493 e. The summed E-state index contributed by atoms with van der Waals surface area (Å²) in [4.78, 5) is 23.3. The van der Waals surface area contributed by atoms with Gasteiger partial charge >= 0.3 is 5.97 Å². The zero-order valence-electron chi connectivity index (χ0n) is 12.4. The van der Waals surface area contributed by atoms with Crippen molar-refractivity contribution in [3.05, 3.63) is 29.8 Å². The smallest absolute Gasteiger partial charge is 0.310 e. The minimum absolute atomic E-state index is 0.120. The molecule has 0 heterocycles. The van der Waals surface area contributed by atoms with E-state index < -0.39 is 12.1 Å². The molecular weight excluding hydrogens is 270 g/mol. The number of benzene rings is 1. The molecule has 1 aliphatic carbocycles. The third-order valence-electron chi connectivity index (χ3n) is 3.26. The van der Waals surface area contributed by atoms with E-state index in [2.05, 4.69) is 5.32 Å². The van der Waals surface area contributed by atoms with E-state index in [-0.39, 0.29) is 25.0 Å². The Morgan fingerprint density at radius 2 is 2.05 bits per heavy atom. The normalized spacial score (nSPS) is 15.1. The summed E-state index contributed by atoms with van der Waals surface area (Å²) in [6, 6.07) is 7.87. The maximum atomic E-state index is 11.7. The predicted molar refractivity (Wildman–Crippen MR) is 78.0 cm³/mol. The largest absolute Gasteiger partial charge is 0.493 e. The fourth-order valence-electron chi connectivity index (χ4n) is 1.82. The number of hydrogen-bond acceptors (Lipinski definition) is 4. The Morgan fingerprint density at radius 1 is 1.33 bits per heavy atom. The molecular formula is C16H21NO4. The van der Waals surface area contributed by atoms with Crippen LogP contribution in [-0.2, 0) is 14.3 Å². The van der Waals surface area contributed by atoms with E-state index in [0.717, 1.165) is 24.2 Å². The van der Waals surface area contributed by atoms with Crippen LogP contribution in [0.3, 0.4) is 0 Å². The summed E-state index contributed by atoms with van der Waals surface area (Å²) in [5.74, 6) is 0.0949. The van der Waals surface area contributed by atoms with Gasteiger partial charge in [-0.1, -0.05) is 18.2 Å². The topological polar surface area (TPSA) is 64.6 Å². The van der Waals surface area contributed by atoms with E-state index in [9.17, 15) is 9.59 Å². The van der Waals surface area contributed by atoms with Crippen LogP contribution in [-0.4, -0.2) is 30.6 Å². The maximum absolute atomic E-state index is 11.7. The molecule has 0 aromatic heterocycles. The average molecular weight is 291 g/mol. The molecule has 0 unspecified atom stereocenters. The monoisotopic (exact) mass is 291 g/mol. The van der Waals surface area contributed by atoms with Crippen molar-refractivity contribution in [2.24, 2.45) is 0 Å². The van der Waals surface area contributed by atoms with Gasteiger partial charge in [0, 0.05) is 6.04 Å². The lowest BCUT2D eigenvalue weighted by molar-refractivity contribution is -0.155. The summed E-state index contributed by atoms with van der Waals surface area (Å²) >= 11 is 0. The lowest BCUT2D eigenvalue weighted by Gasteiger charge is -2.13. The highest BCUT2D eigenvalue weighted by Crippen LogP contribution is 2.19. The van der Waals surface area contributed by atoms with E-state index in [1.807, 2.05) is 31.2 Å². The summed E-state index contributed by atoms with van der Waals surface area (Å²) in [5.41, 5.74) is 1.02. The molecule has 2 rings (SSSR count). The second-order valence-corrected chi connectivity index (χ2v) is 5.28. The number of rotatable bonds is 7. The third-order valence-corrected chi connectivity index (χ3v) is 3.26. The zero-order valence-corrected chi connectivity index (χ0v) is 12.4. The van der Waals surface area contributed by atoms with Crippen molar-refractivity contribution < 1.29 is 19.1 Å². The molecule has 1 N–H and O–H groups in total. The number of nitrogens with one attached hydrogen (secondary N) is 1.